The maximum atomic E-state index is 5.63. The molecule has 0 aliphatic carbocycles. The van der Waals surface area contributed by atoms with Crippen molar-refractivity contribution >= 4 is 34.5 Å². The molecule has 0 spiro atoms. The minimum Gasteiger partial charge on any atom is -0.388 e. The van der Waals surface area contributed by atoms with E-state index in [1.54, 1.807) is 17.4 Å². The molecular weight excluding hydrogens is 288 g/mol. The Labute approximate surface area is 128 Å². The van der Waals surface area contributed by atoms with Crippen LogP contribution in [-0.2, 0) is 5.41 Å². The molecule has 2 aromatic rings. The number of aromatic nitrogens is 2. The number of hydrogen-bond acceptors (Lipinski definition) is 5. The highest BCUT2D eigenvalue weighted by molar-refractivity contribution is 7.80. The molecule has 0 fully saturated rings. The summed E-state index contributed by atoms with van der Waals surface area (Å²) < 4.78 is 0. The van der Waals surface area contributed by atoms with Crippen LogP contribution in [0.2, 0.25) is 0 Å². The van der Waals surface area contributed by atoms with Crippen LogP contribution >= 0.6 is 23.6 Å². The van der Waals surface area contributed by atoms with Crippen LogP contribution in [0.15, 0.2) is 23.6 Å². The van der Waals surface area contributed by atoms with Crippen molar-refractivity contribution in [3.8, 4) is 0 Å². The molecular formula is C14H18N4S2. The Balaban J connectivity index is 2.13. The van der Waals surface area contributed by atoms with Crippen LogP contribution in [0.4, 0.5) is 5.95 Å². The van der Waals surface area contributed by atoms with Gasteiger partial charge in [-0.1, -0.05) is 32.1 Å². The van der Waals surface area contributed by atoms with Crippen molar-refractivity contribution in [2.24, 2.45) is 5.73 Å². The van der Waals surface area contributed by atoms with Crippen molar-refractivity contribution in [1.82, 2.24) is 9.97 Å². The van der Waals surface area contributed by atoms with E-state index in [9.17, 15) is 0 Å². The zero-order chi connectivity index (χ0) is 14.8. The quantitative estimate of drug-likeness (QED) is 0.832. The lowest BCUT2D eigenvalue weighted by Crippen LogP contribution is -2.27. The highest BCUT2D eigenvalue weighted by Crippen LogP contribution is 2.27. The lowest BCUT2D eigenvalue weighted by atomic mass is 9.91. The van der Waals surface area contributed by atoms with Gasteiger partial charge in [0, 0.05) is 22.5 Å². The molecule has 0 atom stereocenters. The molecule has 4 nitrogen and oxygen atoms in total. The van der Waals surface area contributed by atoms with Gasteiger partial charge in [0.2, 0.25) is 5.95 Å². The van der Waals surface area contributed by atoms with Crippen molar-refractivity contribution in [2.75, 3.05) is 11.9 Å². The Hall–Kier alpha value is -1.53. The van der Waals surface area contributed by atoms with Gasteiger partial charge in [0.1, 0.15) is 10.7 Å². The highest BCUT2D eigenvalue weighted by atomic mass is 32.1. The van der Waals surface area contributed by atoms with Gasteiger partial charge in [-0.2, -0.15) is 0 Å². The van der Waals surface area contributed by atoms with Crippen LogP contribution < -0.4 is 11.1 Å². The van der Waals surface area contributed by atoms with E-state index in [1.807, 2.05) is 6.92 Å². The second kappa shape index (κ2) is 5.85. The number of anilines is 1. The van der Waals surface area contributed by atoms with Crippen LogP contribution in [0, 0.1) is 6.92 Å². The normalized spacial score (nSPS) is 11.3. The molecule has 0 amide bonds. The van der Waals surface area contributed by atoms with Crippen molar-refractivity contribution in [1.29, 1.82) is 0 Å². The van der Waals surface area contributed by atoms with Crippen LogP contribution in [0.5, 0.6) is 0 Å². The first-order chi connectivity index (χ1) is 9.38. The molecule has 3 N–H and O–H groups in total. The lowest BCUT2D eigenvalue weighted by molar-refractivity contribution is 0.567. The summed E-state index contributed by atoms with van der Waals surface area (Å²) in [6, 6.07) is 6.00. The van der Waals surface area contributed by atoms with Gasteiger partial charge >= 0.3 is 0 Å². The first kappa shape index (κ1) is 14.9. The number of nitrogens with zero attached hydrogens (tertiary/aromatic N) is 2. The molecule has 0 aliphatic rings. The molecule has 0 unspecified atom stereocenters. The minimum atomic E-state index is 0.0185. The summed E-state index contributed by atoms with van der Waals surface area (Å²) in [5, 5.41) is 5.37. The van der Waals surface area contributed by atoms with Crippen LogP contribution in [0.1, 0.15) is 30.1 Å². The van der Waals surface area contributed by atoms with Crippen molar-refractivity contribution in [3.05, 3.63) is 39.8 Å². The first-order valence-electron chi connectivity index (χ1n) is 6.32. The van der Waals surface area contributed by atoms with E-state index in [0.29, 0.717) is 11.6 Å². The SMILES string of the molecule is Cc1cc(C(N)=S)nc(NCC(C)(C)c2cccs2)n1. The number of thiophene rings is 1. The number of hydrogen-bond donors (Lipinski definition) is 2. The molecule has 2 aromatic heterocycles. The van der Waals surface area contributed by atoms with E-state index in [-0.39, 0.29) is 10.4 Å². The predicted octanol–water partition coefficient (Wildman–Crippen LogP) is 2.87. The highest BCUT2D eigenvalue weighted by Gasteiger charge is 2.21. The monoisotopic (exact) mass is 306 g/mol. The second-order valence-corrected chi connectivity index (χ2v) is 6.68. The second-order valence-electron chi connectivity index (χ2n) is 5.30. The minimum absolute atomic E-state index is 0.0185. The summed E-state index contributed by atoms with van der Waals surface area (Å²) in [4.78, 5) is 10.3. The Morgan fingerprint density at radius 2 is 2.20 bits per heavy atom. The fraction of sp³-hybridized carbons (Fsp3) is 0.357. The van der Waals surface area contributed by atoms with Gasteiger partial charge in [0.25, 0.3) is 0 Å². The Kier molecular flexibility index (Phi) is 4.35. The average molecular weight is 306 g/mol. The number of thiocarbonyl (C=S) groups is 1. The number of nitrogens with one attached hydrogen (secondary N) is 1. The number of nitrogens with two attached hydrogens (primary N) is 1. The Bertz CT molecular complexity index is 606. The summed E-state index contributed by atoms with van der Waals surface area (Å²) in [6.07, 6.45) is 0. The summed E-state index contributed by atoms with van der Waals surface area (Å²) in [5.41, 5.74) is 7.09. The molecule has 0 radical (unpaired) electrons. The van der Waals surface area contributed by atoms with E-state index in [2.05, 4.69) is 46.6 Å². The predicted molar refractivity (Wildman–Crippen MR) is 88.5 cm³/mol. The maximum absolute atomic E-state index is 5.63. The van der Waals surface area contributed by atoms with E-state index in [0.717, 1.165) is 12.2 Å². The third kappa shape index (κ3) is 3.52. The zero-order valence-electron chi connectivity index (χ0n) is 11.8. The van der Waals surface area contributed by atoms with Crippen LogP contribution in [-0.4, -0.2) is 21.5 Å². The van der Waals surface area contributed by atoms with E-state index in [4.69, 9.17) is 18.0 Å². The standard InChI is InChI=1S/C14H18N4S2/c1-9-7-10(12(15)19)18-13(17-9)16-8-14(2,3)11-5-4-6-20-11/h4-7H,8H2,1-3H3,(H2,15,19)(H,16,17,18). The van der Waals surface area contributed by atoms with Crippen molar-refractivity contribution < 1.29 is 0 Å². The van der Waals surface area contributed by atoms with Crippen LogP contribution in [0.25, 0.3) is 0 Å². The maximum Gasteiger partial charge on any atom is 0.223 e. The van der Waals surface area contributed by atoms with Gasteiger partial charge in [-0.15, -0.1) is 11.3 Å². The molecule has 20 heavy (non-hydrogen) atoms. The van der Waals surface area contributed by atoms with Crippen LogP contribution in [0.3, 0.4) is 0 Å². The Morgan fingerprint density at radius 1 is 1.45 bits per heavy atom. The molecule has 0 saturated carbocycles. The summed E-state index contributed by atoms with van der Waals surface area (Å²) >= 11 is 6.72. The average Bonchev–Trinajstić information content (AvgIpc) is 2.90. The molecule has 2 rings (SSSR count). The molecule has 6 heteroatoms. The molecule has 0 aliphatic heterocycles. The molecule has 0 bridgehead atoms. The van der Waals surface area contributed by atoms with E-state index in [1.165, 1.54) is 4.88 Å². The van der Waals surface area contributed by atoms with E-state index < -0.39 is 0 Å². The first-order valence-corrected chi connectivity index (χ1v) is 7.60. The smallest absolute Gasteiger partial charge is 0.223 e. The van der Waals surface area contributed by atoms with Gasteiger partial charge in [0.05, 0.1) is 0 Å². The zero-order valence-corrected chi connectivity index (χ0v) is 13.4. The van der Waals surface area contributed by atoms with Crippen molar-refractivity contribution in [3.63, 3.8) is 0 Å². The fourth-order valence-electron chi connectivity index (χ4n) is 1.82. The molecule has 2 heterocycles. The topological polar surface area (TPSA) is 63.8 Å². The Morgan fingerprint density at radius 3 is 2.80 bits per heavy atom. The number of aryl methyl sites for hydroxylation is 1. The fourth-order valence-corrected chi connectivity index (χ4v) is 2.78. The van der Waals surface area contributed by atoms with Crippen molar-refractivity contribution in [2.45, 2.75) is 26.2 Å². The molecule has 106 valence electrons. The lowest BCUT2D eigenvalue weighted by Gasteiger charge is -2.23. The molecule has 0 saturated heterocycles. The molecule has 0 aromatic carbocycles. The third-order valence-corrected chi connectivity index (χ3v) is 4.43. The largest absolute Gasteiger partial charge is 0.388 e. The van der Waals surface area contributed by atoms with Gasteiger partial charge in [-0.05, 0) is 24.4 Å². The number of rotatable bonds is 5. The van der Waals surface area contributed by atoms with Gasteiger partial charge in [-0.25, -0.2) is 9.97 Å². The van der Waals surface area contributed by atoms with Gasteiger partial charge in [-0.3, -0.25) is 0 Å². The summed E-state index contributed by atoms with van der Waals surface area (Å²) in [7, 11) is 0. The summed E-state index contributed by atoms with van der Waals surface area (Å²) in [6.45, 7) is 7.03. The van der Waals surface area contributed by atoms with Gasteiger partial charge < -0.3 is 11.1 Å². The van der Waals surface area contributed by atoms with E-state index >= 15 is 0 Å². The summed E-state index contributed by atoms with van der Waals surface area (Å²) in [5.74, 6) is 0.567. The van der Waals surface area contributed by atoms with Gasteiger partial charge in [0.15, 0.2) is 0 Å². The third-order valence-electron chi connectivity index (χ3n) is 2.98.